The van der Waals surface area contributed by atoms with Crippen molar-refractivity contribution < 1.29 is 21.9 Å². The first-order valence-corrected chi connectivity index (χ1v) is 8.89. The van der Waals surface area contributed by atoms with Gasteiger partial charge in [0.05, 0.1) is 18.1 Å². The first-order chi connectivity index (χ1) is 10.4. The molecule has 1 aliphatic carbocycles. The number of hydrogen-bond donors (Lipinski definition) is 0. The number of ether oxygens (including phenoxy) is 1. The zero-order valence-electron chi connectivity index (χ0n) is 12.3. The van der Waals surface area contributed by atoms with Crippen molar-refractivity contribution in [1.82, 2.24) is 4.31 Å². The minimum Gasteiger partial charge on any atom is -0.379 e. The van der Waals surface area contributed by atoms with E-state index in [1.807, 2.05) is 0 Å². The van der Waals surface area contributed by atoms with Crippen molar-refractivity contribution in [3.8, 4) is 0 Å². The van der Waals surface area contributed by atoms with Crippen LogP contribution in [-0.2, 0) is 14.8 Å². The highest BCUT2D eigenvalue weighted by Crippen LogP contribution is 2.37. The second-order valence-electron chi connectivity index (χ2n) is 6.16. The third kappa shape index (κ3) is 3.19. The van der Waals surface area contributed by atoms with Crippen LogP contribution in [0.25, 0.3) is 0 Å². The summed E-state index contributed by atoms with van der Waals surface area (Å²) in [5, 5.41) is 0. The Balaban J connectivity index is 1.95. The van der Waals surface area contributed by atoms with Crippen LogP contribution in [0.4, 0.5) is 8.78 Å². The highest BCUT2D eigenvalue weighted by Gasteiger charge is 2.41. The van der Waals surface area contributed by atoms with Gasteiger partial charge in [0.2, 0.25) is 10.0 Å². The summed E-state index contributed by atoms with van der Waals surface area (Å²) in [5.74, 6) is -1.61. The van der Waals surface area contributed by atoms with E-state index in [9.17, 15) is 17.2 Å². The zero-order chi connectivity index (χ0) is 15.9. The lowest BCUT2D eigenvalue weighted by Crippen LogP contribution is -2.55. The maximum atomic E-state index is 13.4. The molecule has 0 spiro atoms. The summed E-state index contributed by atoms with van der Waals surface area (Å²) in [5.41, 5.74) is 0. The quantitative estimate of drug-likeness (QED) is 0.778. The minimum atomic E-state index is -3.95. The Hall–Kier alpha value is -0.985. The molecule has 0 aromatic heterocycles. The van der Waals surface area contributed by atoms with Gasteiger partial charge in [-0.1, -0.05) is 12.8 Å². The summed E-state index contributed by atoms with van der Waals surface area (Å²) in [6, 6.07) is 2.14. The molecule has 2 aliphatic rings. The summed E-state index contributed by atoms with van der Waals surface area (Å²) in [6.45, 7) is 0.621. The topological polar surface area (TPSA) is 46.6 Å². The van der Waals surface area contributed by atoms with E-state index in [2.05, 4.69) is 0 Å². The first kappa shape index (κ1) is 15.9. The number of halogens is 2. The van der Waals surface area contributed by atoms with E-state index in [1.54, 1.807) is 7.85 Å². The van der Waals surface area contributed by atoms with Gasteiger partial charge in [-0.05, 0) is 24.5 Å². The molecule has 0 unspecified atom stereocenters. The summed E-state index contributed by atoms with van der Waals surface area (Å²) >= 11 is 0. The molecule has 0 radical (unpaired) electrons. The third-order valence-electron chi connectivity index (χ3n) is 4.18. The largest absolute Gasteiger partial charge is 0.379 e. The van der Waals surface area contributed by atoms with Gasteiger partial charge in [-0.15, -0.1) is 0 Å². The van der Waals surface area contributed by atoms with Crippen molar-refractivity contribution >= 4 is 17.9 Å². The number of rotatable bonds is 4. The number of sulfonamides is 1. The van der Waals surface area contributed by atoms with E-state index >= 15 is 0 Å². The van der Waals surface area contributed by atoms with Crippen LogP contribution < -0.4 is 0 Å². The Kier molecular flexibility index (Phi) is 4.26. The maximum Gasteiger partial charge on any atom is 0.243 e. The predicted octanol–water partition coefficient (Wildman–Crippen LogP) is 1.11. The molecule has 4 nitrogen and oxygen atoms in total. The lowest BCUT2D eigenvalue weighted by molar-refractivity contribution is 0.0143. The van der Waals surface area contributed by atoms with Crippen LogP contribution in [0.5, 0.6) is 0 Å². The fourth-order valence-electron chi connectivity index (χ4n) is 3.02. The van der Waals surface area contributed by atoms with Crippen molar-refractivity contribution in [2.75, 3.05) is 13.2 Å². The predicted molar refractivity (Wildman–Crippen MR) is 79.7 cm³/mol. The molecule has 1 aromatic carbocycles. The highest BCUT2D eigenvalue weighted by molar-refractivity contribution is 7.89. The van der Waals surface area contributed by atoms with Gasteiger partial charge in [0.1, 0.15) is 19.5 Å². The molecule has 2 atom stereocenters. The second-order valence-corrected chi connectivity index (χ2v) is 8.00. The molecular formula is C14H18BF2NO3S. The molecule has 1 saturated heterocycles. The standard InChI is InChI=1S/C14H18BF2NO3S/c15-14-8-21-7-12(3-9-1-2-9)18(14)22(19,20)13-5-10(16)4-11(17)6-13/h4-6,9,12,14H,1-3,7-8,15H2/t12-,14-/m1/s1. The Morgan fingerprint density at radius 1 is 1.18 bits per heavy atom. The molecule has 2 fully saturated rings. The van der Waals surface area contributed by atoms with E-state index < -0.39 is 21.7 Å². The Labute approximate surface area is 129 Å². The monoisotopic (exact) mass is 329 g/mol. The van der Waals surface area contributed by atoms with E-state index in [0.717, 1.165) is 31.4 Å². The normalized spacial score (nSPS) is 27.0. The maximum absolute atomic E-state index is 13.4. The molecule has 1 aliphatic heterocycles. The van der Waals surface area contributed by atoms with Crippen LogP contribution in [0.3, 0.4) is 0 Å². The third-order valence-corrected chi connectivity index (χ3v) is 6.22. The fourth-order valence-corrected chi connectivity index (χ4v) is 4.86. The van der Waals surface area contributed by atoms with Crippen molar-refractivity contribution in [3.05, 3.63) is 29.8 Å². The van der Waals surface area contributed by atoms with Gasteiger partial charge in [0.25, 0.3) is 0 Å². The number of benzene rings is 1. The number of morpholine rings is 1. The Bertz CT molecular complexity index is 646. The molecule has 1 heterocycles. The van der Waals surface area contributed by atoms with E-state index in [4.69, 9.17) is 4.74 Å². The Morgan fingerprint density at radius 2 is 1.82 bits per heavy atom. The molecular weight excluding hydrogens is 311 g/mol. The average molecular weight is 329 g/mol. The van der Waals surface area contributed by atoms with Crippen molar-refractivity contribution in [2.45, 2.75) is 36.1 Å². The van der Waals surface area contributed by atoms with E-state index in [0.29, 0.717) is 18.6 Å². The fraction of sp³-hybridized carbons (Fsp3) is 0.571. The van der Waals surface area contributed by atoms with Crippen LogP contribution >= 0.6 is 0 Å². The summed E-state index contributed by atoms with van der Waals surface area (Å²) < 4.78 is 59.3. The van der Waals surface area contributed by atoms with Gasteiger partial charge in [-0.25, -0.2) is 17.2 Å². The summed E-state index contributed by atoms with van der Waals surface area (Å²) in [7, 11) is -2.19. The average Bonchev–Trinajstić information content (AvgIpc) is 3.21. The molecule has 120 valence electrons. The lowest BCUT2D eigenvalue weighted by atomic mass is 9.94. The highest BCUT2D eigenvalue weighted by atomic mass is 32.2. The molecule has 22 heavy (non-hydrogen) atoms. The minimum absolute atomic E-state index is 0.271. The lowest BCUT2D eigenvalue weighted by Gasteiger charge is -2.39. The van der Waals surface area contributed by atoms with Crippen molar-refractivity contribution in [1.29, 1.82) is 0 Å². The molecule has 0 amide bonds. The van der Waals surface area contributed by atoms with E-state index in [1.165, 1.54) is 4.31 Å². The SMILES string of the molecule is B[C@H]1COC[C@@H](CC2CC2)N1S(=O)(=O)c1cc(F)cc(F)c1. The number of hydrogen-bond acceptors (Lipinski definition) is 3. The summed E-state index contributed by atoms with van der Waals surface area (Å²) in [4.78, 5) is -0.334. The smallest absolute Gasteiger partial charge is 0.243 e. The molecule has 0 N–H and O–H groups in total. The van der Waals surface area contributed by atoms with Crippen LogP contribution in [0, 0.1) is 17.6 Å². The second kappa shape index (κ2) is 5.90. The van der Waals surface area contributed by atoms with Gasteiger partial charge in [-0.3, -0.25) is 0 Å². The van der Waals surface area contributed by atoms with Crippen molar-refractivity contribution in [3.63, 3.8) is 0 Å². The van der Waals surface area contributed by atoms with Crippen LogP contribution in [0.1, 0.15) is 19.3 Å². The molecule has 1 saturated carbocycles. The van der Waals surface area contributed by atoms with Gasteiger partial charge < -0.3 is 4.74 Å². The molecule has 0 bridgehead atoms. The van der Waals surface area contributed by atoms with Gasteiger partial charge >= 0.3 is 0 Å². The molecule has 8 heteroatoms. The van der Waals surface area contributed by atoms with Crippen molar-refractivity contribution in [2.24, 2.45) is 5.92 Å². The summed E-state index contributed by atoms with van der Waals surface area (Å²) in [6.07, 6.45) is 2.95. The number of nitrogens with zero attached hydrogens (tertiary/aromatic N) is 1. The van der Waals surface area contributed by atoms with Crippen LogP contribution in [0.2, 0.25) is 0 Å². The van der Waals surface area contributed by atoms with Gasteiger partial charge in [0, 0.05) is 18.0 Å². The first-order valence-electron chi connectivity index (χ1n) is 7.45. The van der Waals surface area contributed by atoms with E-state index in [-0.39, 0.29) is 23.5 Å². The van der Waals surface area contributed by atoms with Gasteiger partial charge in [-0.2, -0.15) is 4.31 Å². The van der Waals surface area contributed by atoms with Gasteiger partial charge in [0.15, 0.2) is 0 Å². The Morgan fingerprint density at radius 3 is 2.41 bits per heavy atom. The molecule has 1 aromatic rings. The molecule has 3 rings (SSSR count). The zero-order valence-corrected chi connectivity index (χ0v) is 13.2. The van der Waals surface area contributed by atoms with Crippen LogP contribution in [-0.4, -0.2) is 45.8 Å². The van der Waals surface area contributed by atoms with Crippen LogP contribution in [0.15, 0.2) is 23.1 Å².